The normalized spacial score (nSPS) is 11.1. The smallest absolute Gasteiger partial charge is 0.191 e. The van der Waals surface area contributed by atoms with Gasteiger partial charge in [-0.15, -0.1) is 24.0 Å². The Labute approximate surface area is 159 Å². The number of furan rings is 1. The highest BCUT2D eigenvalue weighted by atomic mass is 127. The Hall–Kier alpha value is -2.02. The van der Waals surface area contributed by atoms with Crippen LogP contribution in [0.25, 0.3) is 10.8 Å². The number of halogens is 1. The summed E-state index contributed by atoms with van der Waals surface area (Å²) in [4.78, 5) is 4.64. The van der Waals surface area contributed by atoms with Crippen molar-refractivity contribution in [3.8, 4) is 0 Å². The number of fused-ring (bicyclic) bond motifs is 1. The molecule has 0 atom stereocenters. The second-order valence-electron chi connectivity index (χ2n) is 5.31. The lowest BCUT2D eigenvalue weighted by Crippen LogP contribution is -2.36. The molecule has 0 saturated heterocycles. The van der Waals surface area contributed by atoms with Crippen LogP contribution in [0.5, 0.6) is 0 Å². The fraction of sp³-hybridized carbons (Fsp3) is 0.211. The van der Waals surface area contributed by atoms with E-state index in [1.165, 1.54) is 16.3 Å². The molecule has 0 aliphatic rings. The maximum absolute atomic E-state index is 5.33. The van der Waals surface area contributed by atoms with Crippen LogP contribution in [0, 0.1) is 0 Å². The molecule has 0 unspecified atom stereocenters. The van der Waals surface area contributed by atoms with Crippen LogP contribution in [-0.4, -0.2) is 12.5 Å². The van der Waals surface area contributed by atoms with Crippen LogP contribution in [0.2, 0.25) is 0 Å². The Balaban J connectivity index is 0.00000208. The number of guanidine groups is 1. The molecule has 24 heavy (non-hydrogen) atoms. The average molecular weight is 435 g/mol. The summed E-state index contributed by atoms with van der Waals surface area (Å²) < 4.78 is 5.33. The van der Waals surface area contributed by atoms with E-state index in [2.05, 4.69) is 65.0 Å². The summed E-state index contributed by atoms with van der Waals surface area (Å²) in [5, 5.41) is 9.02. The fourth-order valence-electron chi connectivity index (χ4n) is 2.43. The van der Waals surface area contributed by atoms with E-state index in [1.54, 1.807) is 6.26 Å². The molecule has 0 radical (unpaired) electrons. The third-order valence-corrected chi connectivity index (χ3v) is 3.59. The molecule has 0 spiro atoms. The number of hydrogen-bond acceptors (Lipinski definition) is 2. The zero-order chi connectivity index (χ0) is 15.9. The monoisotopic (exact) mass is 435 g/mol. The van der Waals surface area contributed by atoms with Gasteiger partial charge in [-0.2, -0.15) is 0 Å². The van der Waals surface area contributed by atoms with Gasteiger partial charge in [-0.05, 0) is 41.5 Å². The predicted octanol–water partition coefficient (Wildman–Crippen LogP) is 4.31. The van der Waals surface area contributed by atoms with E-state index in [4.69, 9.17) is 4.42 Å². The number of hydrogen-bond donors (Lipinski definition) is 2. The molecule has 1 aromatic heterocycles. The summed E-state index contributed by atoms with van der Waals surface area (Å²) in [5.74, 6) is 1.68. The van der Waals surface area contributed by atoms with Gasteiger partial charge < -0.3 is 15.1 Å². The molecule has 0 fully saturated rings. The molecule has 0 bridgehead atoms. The summed E-state index contributed by atoms with van der Waals surface area (Å²) >= 11 is 0. The molecule has 0 amide bonds. The molecule has 0 aliphatic carbocycles. The van der Waals surface area contributed by atoms with Crippen molar-refractivity contribution in [2.45, 2.75) is 20.0 Å². The predicted molar refractivity (Wildman–Crippen MR) is 110 cm³/mol. The highest BCUT2D eigenvalue weighted by Gasteiger charge is 2.01. The lowest BCUT2D eigenvalue weighted by atomic mass is 10.1. The van der Waals surface area contributed by atoms with E-state index >= 15 is 0 Å². The van der Waals surface area contributed by atoms with Crippen molar-refractivity contribution in [1.82, 2.24) is 10.6 Å². The SMILES string of the molecule is CCNC(=NCc1ccc2ccccc2c1)NCc1ccco1.I. The zero-order valence-electron chi connectivity index (χ0n) is 13.7. The standard InChI is InChI=1S/C19H21N3O.HI/c1-2-20-19(22-14-18-8-5-11-23-18)21-13-15-9-10-16-6-3-4-7-17(16)12-15;/h3-12H,2,13-14H2,1H3,(H2,20,21,22);1H. The minimum absolute atomic E-state index is 0. The minimum Gasteiger partial charge on any atom is -0.467 e. The van der Waals surface area contributed by atoms with Crippen LogP contribution in [0.3, 0.4) is 0 Å². The van der Waals surface area contributed by atoms with Crippen LogP contribution >= 0.6 is 24.0 Å². The largest absolute Gasteiger partial charge is 0.467 e. The van der Waals surface area contributed by atoms with Crippen LogP contribution < -0.4 is 10.6 Å². The van der Waals surface area contributed by atoms with Gasteiger partial charge in [-0.1, -0.05) is 36.4 Å². The van der Waals surface area contributed by atoms with Gasteiger partial charge in [-0.3, -0.25) is 0 Å². The van der Waals surface area contributed by atoms with Crippen molar-refractivity contribution in [3.63, 3.8) is 0 Å². The Morgan fingerprint density at radius 1 is 1.00 bits per heavy atom. The van der Waals surface area contributed by atoms with Crippen molar-refractivity contribution in [1.29, 1.82) is 0 Å². The van der Waals surface area contributed by atoms with Crippen molar-refractivity contribution in [3.05, 3.63) is 72.2 Å². The summed E-state index contributed by atoms with van der Waals surface area (Å²) in [5.41, 5.74) is 1.19. The first-order valence-electron chi connectivity index (χ1n) is 7.87. The second kappa shape index (κ2) is 9.32. The van der Waals surface area contributed by atoms with Gasteiger partial charge in [0.1, 0.15) is 5.76 Å². The van der Waals surface area contributed by atoms with Crippen molar-refractivity contribution < 1.29 is 4.42 Å². The number of aliphatic imine (C=N–C) groups is 1. The van der Waals surface area contributed by atoms with E-state index < -0.39 is 0 Å². The first-order valence-corrected chi connectivity index (χ1v) is 7.87. The Morgan fingerprint density at radius 3 is 2.58 bits per heavy atom. The molecule has 0 saturated carbocycles. The van der Waals surface area contributed by atoms with Gasteiger partial charge >= 0.3 is 0 Å². The summed E-state index contributed by atoms with van der Waals surface area (Å²) in [7, 11) is 0. The number of rotatable bonds is 5. The highest BCUT2D eigenvalue weighted by Crippen LogP contribution is 2.16. The Kier molecular flexibility index (Phi) is 7.11. The molecule has 2 aromatic carbocycles. The van der Waals surface area contributed by atoms with Crippen molar-refractivity contribution in [2.24, 2.45) is 4.99 Å². The fourth-order valence-corrected chi connectivity index (χ4v) is 2.43. The van der Waals surface area contributed by atoms with Gasteiger partial charge in [-0.25, -0.2) is 4.99 Å². The molecule has 1 heterocycles. The average Bonchev–Trinajstić information content (AvgIpc) is 3.11. The Morgan fingerprint density at radius 2 is 1.83 bits per heavy atom. The summed E-state index contributed by atoms with van der Waals surface area (Å²) in [6.45, 7) is 4.14. The molecule has 3 rings (SSSR count). The maximum atomic E-state index is 5.33. The van der Waals surface area contributed by atoms with Crippen LogP contribution in [0.4, 0.5) is 0 Å². The molecule has 126 valence electrons. The van der Waals surface area contributed by atoms with Gasteiger partial charge in [0, 0.05) is 6.54 Å². The van der Waals surface area contributed by atoms with Gasteiger partial charge in [0.25, 0.3) is 0 Å². The minimum atomic E-state index is 0. The topological polar surface area (TPSA) is 49.6 Å². The number of nitrogens with one attached hydrogen (secondary N) is 2. The van der Waals surface area contributed by atoms with Crippen LogP contribution in [0.1, 0.15) is 18.2 Å². The molecule has 2 N–H and O–H groups in total. The van der Waals surface area contributed by atoms with E-state index in [0.29, 0.717) is 13.1 Å². The molecule has 4 nitrogen and oxygen atoms in total. The van der Waals surface area contributed by atoms with E-state index in [1.807, 2.05) is 12.1 Å². The molecule has 5 heteroatoms. The van der Waals surface area contributed by atoms with Crippen LogP contribution in [-0.2, 0) is 13.1 Å². The Bertz CT molecular complexity index is 784. The third-order valence-electron chi connectivity index (χ3n) is 3.59. The van der Waals surface area contributed by atoms with E-state index in [9.17, 15) is 0 Å². The van der Waals surface area contributed by atoms with Gasteiger partial charge in [0.15, 0.2) is 5.96 Å². The lowest BCUT2D eigenvalue weighted by Gasteiger charge is -2.10. The maximum Gasteiger partial charge on any atom is 0.191 e. The summed E-state index contributed by atoms with van der Waals surface area (Å²) in [6, 6.07) is 18.7. The van der Waals surface area contributed by atoms with Crippen LogP contribution in [0.15, 0.2) is 70.3 Å². The quantitative estimate of drug-likeness (QED) is 0.357. The van der Waals surface area contributed by atoms with Gasteiger partial charge in [0.05, 0.1) is 19.4 Å². The molecule has 3 aromatic rings. The first kappa shape index (κ1) is 18.3. The van der Waals surface area contributed by atoms with Crippen molar-refractivity contribution >= 4 is 40.7 Å². The molecular weight excluding hydrogens is 413 g/mol. The third kappa shape index (κ3) is 4.99. The molecular formula is C19H22IN3O. The van der Waals surface area contributed by atoms with Crippen molar-refractivity contribution in [2.75, 3.05) is 6.54 Å². The highest BCUT2D eigenvalue weighted by molar-refractivity contribution is 14.0. The number of nitrogens with zero attached hydrogens (tertiary/aromatic N) is 1. The summed E-state index contributed by atoms with van der Waals surface area (Å²) in [6.07, 6.45) is 1.68. The number of benzene rings is 2. The zero-order valence-corrected chi connectivity index (χ0v) is 16.0. The van der Waals surface area contributed by atoms with Gasteiger partial charge in [0.2, 0.25) is 0 Å². The molecule has 0 aliphatic heterocycles. The van der Waals surface area contributed by atoms with E-state index in [-0.39, 0.29) is 24.0 Å². The first-order chi connectivity index (χ1) is 11.3. The lowest BCUT2D eigenvalue weighted by molar-refractivity contribution is 0.501. The second-order valence-corrected chi connectivity index (χ2v) is 5.31. The van der Waals surface area contributed by atoms with E-state index in [0.717, 1.165) is 18.3 Å².